The van der Waals surface area contributed by atoms with Gasteiger partial charge in [-0.2, -0.15) is 0 Å². The lowest BCUT2D eigenvalue weighted by Gasteiger charge is -2.32. The number of carbonyl (C=O) groups is 1. The number of aryl methyl sites for hydroxylation is 1. The normalized spacial score (nSPS) is 22.1. The Bertz CT molecular complexity index is 1480. The van der Waals surface area contributed by atoms with Crippen LogP contribution in [0, 0.1) is 17.4 Å². The molecule has 0 aliphatic carbocycles. The Morgan fingerprint density at radius 1 is 1.26 bits per heavy atom. The van der Waals surface area contributed by atoms with Gasteiger partial charge in [0, 0.05) is 34.2 Å². The number of likely N-dealkylation sites (tertiary alicyclic amines) is 1. The van der Waals surface area contributed by atoms with Gasteiger partial charge in [-0.05, 0) is 69.5 Å². The van der Waals surface area contributed by atoms with Gasteiger partial charge in [-0.3, -0.25) is 4.90 Å². The standard InChI is InChI=1S/C27H28FN3O3S/c1-4-27(33)19-10-22-24-17(12-31(22)25(35)18(19)13-34-26(27)32)23(15(3)30-7-5-6-8-30)16-9-14(2)20(28)11-21(16)29-24/h9-11,15,33H,4-8,12-13H2,1-3H3/t15-,27+/m1/s1. The van der Waals surface area contributed by atoms with Gasteiger partial charge in [0.05, 0.1) is 23.4 Å². The summed E-state index contributed by atoms with van der Waals surface area (Å²) in [7, 11) is 0. The molecule has 0 unspecified atom stereocenters. The van der Waals surface area contributed by atoms with Crippen molar-refractivity contribution in [1.29, 1.82) is 0 Å². The topological polar surface area (TPSA) is 67.6 Å². The van der Waals surface area contributed by atoms with Gasteiger partial charge >= 0.3 is 5.97 Å². The van der Waals surface area contributed by atoms with E-state index >= 15 is 0 Å². The van der Waals surface area contributed by atoms with Crippen LogP contribution in [0.15, 0.2) is 18.2 Å². The molecule has 0 amide bonds. The fourth-order valence-electron chi connectivity index (χ4n) is 6.03. The number of hydrogen-bond donors (Lipinski definition) is 1. The second-order valence-corrected chi connectivity index (χ2v) is 10.4. The number of fused-ring (bicyclic) bond motifs is 5. The van der Waals surface area contributed by atoms with E-state index in [9.17, 15) is 14.3 Å². The maximum absolute atomic E-state index is 14.7. The van der Waals surface area contributed by atoms with E-state index in [1.54, 1.807) is 13.8 Å². The minimum atomic E-state index is -1.74. The largest absolute Gasteiger partial charge is 0.458 e. The van der Waals surface area contributed by atoms with Gasteiger partial charge in [0.25, 0.3) is 0 Å². The molecular weight excluding hydrogens is 465 g/mol. The number of hydrogen-bond acceptors (Lipinski definition) is 6. The van der Waals surface area contributed by atoms with E-state index in [1.165, 1.54) is 18.9 Å². The van der Waals surface area contributed by atoms with Crippen LogP contribution >= 0.6 is 12.2 Å². The first-order valence-electron chi connectivity index (χ1n) is 12.3. The van der Waals surface area contributed by atoms with Gasteiger partial charge in [-0.25, -0.2) is 14.2 Å². The molecule has 0 radical (unpaired) electrons. The lowest BCUT2D eigenvalue weighted by molar-refractivity contribution is -0.172. The molecule has 0 spiro atoms. The number of pyridine rings is 2. The van der Waals surface area contributed by atoms with Crippen molar-refractivity contribution in [1.82, 2.24) is 14.5 Å². The van der Waals surface area contributed by atoms with Crippen molar-refractivity contribution in [2.24, 2.45) is 0 Å². The van der Waals surface area contributed by atoms with Gasteiger partial charge < -0.3 is 14.4 Å². The number of esters is 1. The van der Waals surface area contributed by atoms with E-state index in [4.69, 9.17) is 21.9 Å². The van der Waals surface area contributed by atoms with E-state index < -0.39 is 11.6 Å². The van der Waals surface area contributed by atoms with E-state index in [1.807, 2.05) is 16.7 Å². The van der Waals surface area contributed by atoms with Gasteiger partial charge in [-0.1, -0.05) is 19.1 Å². The van der Waals surface area contributed by atoms with Crippen LogP contribution in [0.1, 0.15) is 67.0 Å². The summed E-state index contributed by atoms with van der Waals surface area (Å²) < 4.78 is 22.5. The third-order valence-corrected chi connectivity index (χ3v) is 8.58. The minimum Gasteiger partial charge on any atom is -0.458 e. The van der Waals surface area contributed by atoms with Gasteiger partial charge in [0.15, 0.2) is 5.60 Å². The molecule has 1 saturated heterocycles. The fraction of sp³-hybridized carbons (Fsp3) is 0.444. The van der Waals surface area contributed by atoms with Crippen molar-refractivity contribution >= 4 is 29.1 Å². The highest BCUT2D eigenvalue weighted by molar-refractivity contribution is 7.71. The van der Waals surface area contributed by atoms with Gasteiger partial charge in [0.1, 0.15) is 17.1 Å². The SMILES string of the molecule is CC[C@@]1(O)C(=O)OCc2c1cc1n(c2=S)Cc2c-1nc1cc(F)c(C)cc1c2[C@@H](C)N1CCCC1. The number of nitrogens with zero attached hydrogens (tertiary/aromatic N) is 3. The molecule has 35 heavy (non-hydrogen) atoms. The average molecular weight is 494 g/mol. The highest BCUT2D eigenvalue weighted by Crippen LogP contribution is 2.44. The predicted octanol–water partition coefficient (Wildman–Crippen LogP) is 5.05. The molecule has 0 saturated carbocycles. The zero-order valence-corrected chi connectivity index (χ0v) is 21.0. The molecule has 1 N–H and O–H groups in total. The number of ether oxygens (including phenoxy) is 1. The van der Waals surface area contributed by atoms with Crippen molar-refractivity contribution in [2.45, 2.75) is 64.8 Å². The van der Waals surface area contributed by atoms with Crippen LogP contribution < -0.4 is 0 Å². The van der Waals surface area contributed by atoms with Crippen molar-refractivity contribution in [3.8, 4) is 11.4 Å². The molecule has 6 nitrogen and oxygen atoms in total. The van der Waals surface area contributed by atoms with Gasteiger partial charge in [-0.15, -0.1) is 0 Å². The minimum absolute atomic E-state index is 0.0444. The van der Waals surface area contributed by atoms with E-state index in [0.29, 0.717) is 33.4 Å². The molecule has 3 aliphatic rings. The van der Waals surface area contributed by atoms with E-state index in [0.717, 1.165) is 41.0 Å². The summed E-state index contributed by atoms with van der Waals surface area (Å²) in [4.78, 5) is 19.9. The van der Waals surface area contributed by atoms with E-state index in [-0.39, 0.29) is 24.9 Å². The molecular formula is C27H28FN3O3S. The van der Waals surface area contributed by atoms with Crippen molar-refractivity contribution in [2.75, 3.05) is 13.1 Å². The number of rotatable bonds is 3. The summed E-state index contributed by atoms with van der Waals surface area (Å²) in [5.41, 5.74) is 4.35. The summed E-state index contributed by atoms with van der Waals surface area (Å²) in [5, 5.41) is 12.2. The number of cyclic esters (lactones) is 1. The second kappa shape index (κ2) is 7.91. The molecule has 1 aromatic carbocycles. The zero-order chi connectivity index (χ0) is 24.6. The first-order chi connectivity index (χ1) is 16.7. The molecule has 2 atom stereocenters. The monoisotopic (exact) mass is 493 g/mol. The summed E-state index contributed by atoms with van der Waals surface area (Å²) in [5.74, 6) is -0.939. The first kappa shape index (κ1) is 22.8. The van der Waals surface area contributed by atoms with Crippen LogP contribution in [-0.2, 0) is 28.3 Å². The molecule has 0 bridgehead atoms. The third-order valence-electron chi connectivity index (χ3n) is 8.12. The van der Waals surface area contributed by atoms with Crippen molar-refractivity contribution in [3.05, 3.63) is 56.5 Å². The summed E-state index contributed by atoms with van der Waals surface area (Å²) in [6, 6.07) is 5.40. The molecule has 6 rings (SSSR count). The van der Waals surface area contributed by atoms with Crippen molar-refractivity contribution < 1.29 is 19.0 Å². The van der Waals surface area contributed by atoms with Crippen LogP contribution in [-0.4, -0.2) is 38.6 Å². The number of benzene rings is 1. The lowest BCUT2D eigenvalue weighted by Crippen LogP contribution is -2.41. The first-order valence-corrected chi connectivity index (χ1v) is 12.7. The van der Waals surface area contributed by atoms with Crippen LogP contribution in [0.25, 0.3) is 22.3 Å². The number of aromatic nitrogens is 2. The Morgan fingerprint density at radius 3 is 2.71 bits per heavy atom. The van der Waals surface area contributed by atoms with Crippen LogP contribution in [0.4, 0.5) is 4.39 Å². The van der Waals surface area contributed by atoms with E-state index in [2.05, 4.69) is 11.8 Å². The van der Waals surface area contributed by atoms with Crippen molar-refractivity contribution in [3.63, 3.8) is 0 Å². The zero-order valence-electron chi connectivity index (χ0n) is 20.2. The third kappa shape index (κ3) is 3.16. The smallest absolute Gasteiger partial charge is 0.343 e. The quantitative estimate of drug-likeness (QED) is 0.318. The number of halogens is 1. The van der Waals surface area contributed by atoms with Gasteiger partial charge in [0.2, 0.25) is 0 Å². The molecule has 5 heterocycles. The fourth-order valence-corrected chi connectivity index (χ4v) is 6.36. The molecule has 2 aromatic heterocycles. The number of carbonyl (C=O) groups excluding carboxylic acids is 1. The summed E-state index contributed by atoms with van der Waals surface area (Å²) in [6.45, 7) is 8.40. The highest BCUT2D eigenvalue weighted by atomic mass is 32.1. The Labute approximate surface area is 208 Å². The van der Waals surface area contributed by atoms with Crippen LogP contribution in [0.5, 0.6) is 0 Å². The molecule has 8 heteroatoms. The molecule has 3 aliphatic heterocycles. The summed E-state index contributed by atoms with van der Waals surface area (Å²) >= 11 is 5.87. The summed E-state index contributed by atoms with van der Waals surface area (Å²) in [6.07, 6.45) is 2.52. The Morgan fingerprint density at radius 2 is 2.00 bits per heavy atom. The Balaban J connectivity index is 1.65. The lowest BCUT2D eigenvalue weighted by atomic mass is 9.86. The maximum atomic E-state index is 14.7. The number of aliphatic hydroxyl groups is 1. The average Bonchev–Trinajstić information content (AvgIpc) is 3.50. The second-order valence-electron chi connectivity index (χ2n) is 9.99. The maximum Gasteiger partial charge on any atom is 0.343 e. The van der Waals surface area contributed by atoms with Crippen LogP contribution in [0.3, 0.4) is 0 Å². The predicted molar refractivity (Wildman–Crippen MR) is 133 cm³/mol. The molecule has 3 aromatic rings. The Hall–Kier alpha value is -2.68. The Kier molecular flexibility index (Phi) is 5.15. The van der Waals surface area contributed by atoms with Crippen LogP contribution in [0.2, 0.25) is 0 Å². The molecule has 1 fully saturated rings. The molecule has 182 valence electrons. The highest BCUT2D eigenvalue weighted by Gasteiger charge is 2.45.